The topological polar surface area (TPSA) is 29.3 Å². The van der Waals surface area contributed by atoms with Gasteiger partial charge in [0.1, 0.15) is 5.82 Å². The number of nitrogens with zero attached hydrogens (tertiary/aromatic N) is 1. The van der Waals surface area contributed by atoms with E-state index in [1.165, 1.54) is 38.5 Å². The lowest BCUT2D eigenvalue weighted by Crippen LogP contribution is -2.31. The molecule has 1 saturated carbocycles. The molecule has 0 spiro atoms. The van der Waals surface area contributed by atoms with E-state index < -0.39 is 0 Å². The van der Waals surface area contributed by atoms with Crippen molar-refractivity contribution in [2.75, 3.05) is 7.05 Å². The van der Waals surface area contributed by atoms with Gasteiger partial charge in [0.2, 0.25) is 0 Å². The molecule has 2 rings (SSSR count). The van der Waals surface area contributed by atoms with Gasteiger partial charge in [-0.3, -0.25) is 4.90 Å². The van der Waals surface area contributed by atoms with Gasteiger partial charge in [0.25, 0.3) is 0 Å². The Morgan fingerprint density at radius 3 is 2.53 bits per heavy atom. The minimum atomic E-state index is -0.113. The van der Waals surface area contributed by atoms with Crippen LogP contribution >= 0.6 is 0 Å². The summed E-state index contributed by atoms with van der Waals surface area (Å²) in [6.45, 7) is 1.16. The quantitative estimate of drug-likeness (QED) is 0.844. The predicted octanol–water partition coefficient (Wildman–Crippen LogP) is 3.44. The molecule has 1 aromatic rings. The van der Waals surface area contributed by atoms with E-state index in [0.29, 0.717) is 19.1 Å². The summed E-state index contributed by atoms with van der Waals surface area (Å²) in [6.07, 6.45) is 7.80. The average molecular weight is 264 g/mol. The first kappa shape index (κ1) is 14.5. The second kappa shape index (κ2) is 7.01. The molecule has 1 fully saturated rings. The zero-order chi connectivity index (χ0) is 13.7. The molecule has 1 aromatic carbocycles. The maximum absolute atomic E-state index is 13.8. The predicted molar refractivity (Wildman–Crippen MR) is 77.2 cm³/mol. The maximum atomic E-state index is 13.8. The first-order valence-corrected chi connectivity index (χ1v) is 7.38. The van der Waals surface area contributed by atoms with Crippen molar-refractivity contribution in [1.29, 1.82) is 0 Å². The Balaban J connectivity index is 2.02. The number of halogens is 1. The molecule has 0 aromatic heterocycles. The molecule has 0 amide bonds. The van der Waals surface area contributed by atoms with E-state index in [1.807, 2.05) is 6.07 Å². The maximum Gasteiger partial charge on any atom is 0.127 e. The molecule has 0 heterocycles. The third kappa shape index (κ3) is 4.02. The molecular weight excluding hydrogens is 239 g/mol. The Labute approximate surface area is 115 Å². The fraction of sp³-hybridized carbons (Fsp3) is 0.625. The molecule has 106 valence electrons. The normalized spacial score (nSPS) is 17.7. The second-order valence-corrected chi connectivity index (χ2v) is 5.69. The smallest absolute Gasteiger partial charge is 0.127 e. The number of hydrogen-bond acceptors (Lipinski definition) is 2. The highest BCUT2D eigenvalue weighted by Crippen LogP contribution is 2.23. The summed E-state index contributed by atoms with van der Waals surface area (Å²) in [5.74, 6) is -0.113. The van der Waals surface area contributed by atoms with Crippen molar-refractivity contribution in [2.45, 2.75) is 57.7 Å². The van der Waals surface area contributed by atoms with Gasteiger partial charge in [0.15, 0.2) is 0 Å². The molecule has 0 saturated heterocycles. The van der Waals surface area contributed by atoms with E-state index in [1.54, 1.807) is 12.1 Å². The number of rotatable bonds is 4. The van der Waals surface area contributed by atoms with Crippen LogP contribution in [0.1, 0.15) is 49.7 Å². The molecule has 1 aliphatic rings. The summed E-state index contributed by atoms with van der Waals surface area (Å²) in [6, 6.07) is 5.81. The monoisotopic (exact) mass is 264 g/mol. The van der Waals surface area contributed by atoms with Gasteiger partial charge in [-0.05, 0) is 31.5 Å². The van der Waals surface area contributed by atoms with Crippen molar-refractivity contribution in [2.24, 2.45) is 5.73 Å². The lowest BCUT2D eigenvalue weighted by atomic mass is 10.1. The van der Waals surface area contributed by atoms with Crippen LogP contribution in [0.15, 0.2) is 18.2 Å². The van der Waals surface area contributed by atoms with E-state index in [-0.39, 0.29) is 5.82 Å². The molecule has 2 nitrogen and oxygen atoms in total. The Hall–Kier alpha value is -0.930. The SMILES string of the molecule is CN(Cc1cc(CN)ccc1F)C1CCCCCC1. The van der Waals surface area contributed by atoms with Crippen molar-refractivity contribution in [3.05, 3.63) is 35.1 Å². The standard InChI is InChI=1S/C16H25FN2/c1-19(15-6-4-2-3-5-7-15)12-14-10-13(11-18)8-9-16(14)17/h8-10,15H,2-7,11-12,18H2,1H3. The highest BCUT2D eigenvalue weighted by Gasteiger charge is 2.18. The van der Waals surface area contributed by atoms with Crippen LogP contribution in [-0.4, -0.2) is 18.0 Å². The molecule has 1 aliphatic carbocycles. The third-order valence-electron chi connectivity index (χ3n) is 4.21. The van der Waals surface area contributed by atoms with Crippen molar-refractivity contribution in [3.63, 3.8) is 0 Å². The van der Waals surface area contributed by atoms with Gasteiger partial charge < -0.3 is 5.73 Å². The Morgan fingerprint density at radius 2 is 1.89 bits per heavy atom. The van der Waals surface area contributed by atoms with Crippen LogP contribution in [0.4, 0.5) is 4.39 Å². The van der Waals surface area contributed by atoms with E-state index in [4.69, 9.17) is 5.73 Å². The molecule has 2 N–H and O–H groups in total. The number of nitrogens with two attached hydrogens (primary N) is 1. The van der Waals surface area contributed by atoms with Crippen LogP contribution in [0.2, 0.25) is 0 Å². The highest BCUT2D eigenvalue weighted by atomic mass is 19.1. The van der Waals surface area contributed by atoms with Gasteiger partial charge >= 0.3 is 0 Å². The molecule has 3 heteroatoms. The van der Waals surface area contributed by atoms with Crippen LogP contribution in [0, 0.1) is 5.82 Å². The van der Waals surface area contributed by atoms with Gasteiger partial charge in [0, 0.05) is 24.7 Å². The zero-order valence-corrected chi connectivity index (χ0v) is 11.9. The van der Waals surface area contributed by atoms with Crippen LogP contribution < -0.4 is 5.73 Å². The van der Waals surface area contributed by atoms with Gasteiger partial charge in [0.05, 0.1) is 0 Å². The van der Waals surface area contributed by atoms with Crippen molar-refractivity contribution in [3.8, 4) is 0 Å². The highest BCUT2D eigenvalue weighted by molar-refractivity contribution is 5.25. The zero-order valence-electron chi connectivity index (χ0n) is 11.9. The Kier molecular flexibility index (Phi) is 5.34. The Bertz CT molecular complexity index is 398. The summed E-state index contributed by atoms with van der Waals surface area (Å²) in [7, 11) is 2.12. The minimum absolute atomic E-state index is 0.113. The average Bonchev–Trinajstić information content (AvgIpc) is 2.70. The van der Waals surface area contributed by atoms with Crippen LogP contribution in [-0.2, 0) is 13.1 Å². The summed E-state index contributed by atoms with van der Waals surface area (Å²) in [4.78, 5) is 2.31. The lowest BCUT2D eigenvalue weighted by molar-refractivity contribution is 0.210. The lowest BCUT2D eigenvalue weighted by Gasteiger charge is -2.27. The first-order valence-electron chi connectivity index (χ1n) is 7.38. The second-order valence-electron chi connectivity index (χ2n) is 5.69. The summed E-state index contributed by atoms with van der Waals surface area (Å²) >= 11 is 0. The van der Waals surface area contributed by atoms with Crippen molar-refractivity contribution < 1.29 is 4.39 Å². The molecule has 19 heavy (non-hydrogen) atoms. The van der Waals surface area contributed by atoms with Crippen LogP contribution in [0.3, 0.4) is 0 Å². The first-order chi connectivity index (χ1) is 9.20. The molecule has 0 unspecified atom stereocenters. The minimum Gasteiger partial charge on any atom is -0.326 e. The van der Waals surface area contributed by atoms with E-state index in [2.05, 4.69) is 11.9 Å². The van der Waals surface area contributed by atoms with Gasteiger partial charge in [-0.1, -0.05) is 37.8 Å². The fourth-order valence-corrected chi connectivity index (χ4v) is 2.97. The largest absolute Gasteiger partial charge is 0.326 e. The summed E-state index contributed by atoms with van der Waals surface area (Å²) in [5.41, 5.74) is 7.41. The number of hydrogen-bond donors (Lipinski definition) is 1. The van der Waals surface area contributed by atoms with Crippen molar-refractivity contribution >= 4 is 0 Å². The van der Waals surface area contributed by atoms with E-state index in [9.17, 15) is 4.39 Å². The molecular formula is C16H25FN2. The van der Waals surface area contributed by atoms with E-state index in [0.717, 1.165) is 11.1 Å². The molecule has 0 radical (unpaired) electrons. The van der Waals surface area contributed by atoms with Gasteiger partial charge in [-0.25, -0.2) is 4.39 Å². The Morgan fingerprint density at radius 1 is 1.21 bits per heavy atom. The summed E-state index contributed by atoms with van der Waals surface area (Å²) in [5, 5.41) is 0. The fourth-order valence-electron chi connectivity index (χ4n) is 2.97. The molecule has 0 aliphatic heterocycles. The third-order valence-corrected chi connectivity index (χ3v) is 4.21. The van der Waals surface area contributed by atoms with Gasteiger partial charge in [-0.15, -0.1) is 0 Å². The van der Waals surface area contributed by atoms with Crippen LogP contribution in [0.5, 0.6) is 0 Å². The van der Waals surface area contributed by atoms with Crippen LogP contribution in [0.25, 0.3) is 0 Å². The number of benzene rings is 1. The van der Waals surface area contributed by atoms with Crippen molar-refractivity contribution in [1.82, 2.24) is 4.90 Å². The van der Waals surface area contributed by atoms with Gasteiger partial charge in [-0.2, -0.15) is 0 Å². The molecule has 0 bridgehead atoms. The summed E-state index contributed by atoms with van der Waals surface area (Å²) < 4.78 is 13.8. The van der Waals surface area contributed by atoms with E-state index >= 15 is 0 Å². The molecule has 0 atom stereocenters.